The Balaban J connectivity index is 2.18. The van der Waals surface area contributed by atoms with Gasteiger partial charge in [-0.05, 0) is 6.42 Å². The molecule has 0 aliphatic heterocycles. The van der Waals surface area contributed by atoms with Crippen molar-refractivity contribution in [1.29, 1.82) is 0 Å². The molecule has 0 saturated heterocycles. The van der Waals surface area contributed by atoms with Crippen LogP contribution in [-0.2, 0) is 11.3 Å². The zero-order chi connectivity index (χ0) is 10.4. The van der Waals surface area contributed by atoms with E-state index < -0.39 is 0 Å². The molecule has 5 heteroatoms. The highest BCUT2D eigenvalue weighted by Crippen LogP contribution is 2.03. The van der Waals surface area contributed by atoms with Gasteiger partial charge < -0.3 is 9.88 Å². The number of nitrogens with one attached hydrogen (secondary N) is 1. The molecule has 0 fully saturated rings. The summed E-state index contributed by atoms with van der Waals surface area (Å²) >= 11 is 3.29. The first-order valence-electron chi connectivity index (χ1n) is 4.61. The van der Waals surface area contributed by atoms with Gasteiger partial charge in [0, 0.05) is 25.5 Å². The Kier molecular flexibility index (Phi) is 4.65. The molecule has 0 aliphatic carbocycles. The number of imidazole rings is 1. The van der Waals surface area contributed by atoms with E-state index in [1.807, 2.05) is 17.7 Å². The van der Waals surface area contributed by atoms with Gasteiger partial charge in [0.1, 0.15) is 0 Å². The lowest BCUT2D eigenvalue weighted by Gasteiger charge is -2.08. The normalized spacial score (nSPS) is 12.4. The summed E-state index contributed by atoms with van der Waals surface area (Å²) in [6.07, 6.45) is 6.13. The van der Waals surface area contributed by atoms with E-state index >= 15 is 0 Å². The van der Waals surface area contributed by atoms with Crippen LogP contribution in [0, 0.1) is 0 Å². The summed E-state index contributed by atoms with van der Waals surface area (Å²) in [4.78, 5) is 15.2. The highest BCUT2D eigenvalue weighted by atomic mass is 79.9. The van der Waals surface area contributed by atoms with Crippen LogP contribution in [0.2, 0.25) is 0 Å². The highest BCUT2D eigenvalue weighted by molar-refractivity contribution is 9.10. The minimum atomic E-state index is -0.0784. The Morgan fingerprint density at radius 2 is 2.50 bits per heavy atom. The van der Waals surface area contributed by atoms with Crippen LogP contribution in [-0.4, -0.2) is 26.8 Å². The zero-order valence-corrected chi connectivity index (χ0v) is 9.70. The number of amides is 1. The van der Waals surface area contributed by atoms with E-state index in [0.717, 1.165) is 13.0 Å². The van der Waals surface area contributed by atoms with Gasteiger partial charge in [-0.1, -0.05) is 22.9 Å². The molecule has 1 rings (SSSR count). The topological polar surface area (TPSA) is 46.9 Å². The van der Waals surface area contributed by atoms with Crippen molar-refractivity contribution in [2.24, 2.45) is 0 Å². The molecule has 1 heterocycles. The highest BCUT2D eigenvalue weighted by Gasteiger charge is 2.10. The largest absolute Gasteiger partial charge is 0.353 e. The molecule has 14 heavy (non-hydrogen) atoms. The second-order valence-electron chi connectivity index (χ2n) is 2.97. The molecular weight excluding hydrogens is 246 g/mol. The lowest BCUT2D eigenvalue weighted by molar-refractivity contribution is -0.120. The molecule has 1 unspecified atom stereocenters. The molecule has 1 aromatic rings. The third-order valence-corrected chi connectivity index (χ3v) is 2.93. The van der Waals surface area contributed by atoms with E-state index in [0.29, 0.717) is 6.54 Å². The van der Waals surface area contributed by atoms with Crippen LogP contribution in [0.4, 0.5) is 0 Å². The number of carbonyl (C=O) groups is 1. The molecule has 1 amide bonds. The predicted octanol–water partition coefficient (Wildman–Crippen LogP) is 1.17. The number of carbonyl (C=O) groups excluding carboxylic acids is 1. The van der Waals surface area contributed by atoms with Crippen molar-refractivity contribution < 1.29 is 4.79 Å². The van der Waals surface area contributed by atoms with Gasteiger partial charge in [-0.15, -0.1) is 0 Å². The summed E-state index contributed by atoms with van der Waals surface area (Å²) in [7, 11) is 0. The Morgan fingerprint density at radius 3 is 3.07 bits per heavy atom. The Hall–Kier alpha value is -0.840. The molecule has 1 N–H and O–H groups in total. The average molecular weight is 260 g/mol. The van der Waals surface area contributed by atoms with Crippen LogP contribution in [0.15, 0.2) is 18.7 Å². The quantitative estimate of drug-likeness (QED) is 0.808. The average Bonchev–Trinajstić information content (AvgIpc) is 2.69. The van der Waals surface area contributed by atoms with Crippen molar-refractivity contribution in [2.75, 3.05) is 6.54 Å². The molecule has 78 valence electrons. The second-order valence-corrected chi connectivity index (χ2v) is 4.07. The van der Waals surface area contributed by atoms with Crippen LogP contribution in [0.1, 0.15) is 13.3 Å². The summed E-state index contributed by atoms with van der Waals surface area (Å²) in [5, 5.41) is 2.84. The maximum absolute atomic E-state index is 11.3. The maximum Gasteiger partial charge on any atom is 0.233 e. The maximum atomic E-state index is 11.3. The van der Waals surface area contributed by atoms with Gasteiger partial charge in [0.05, 0.1) is 11.2 Å². The van der Waals surface area contributed by atoms with E-state index in [4.69, 9.17) is 0 Å². The first kappa shape index (κ1) is 11.2. The van der Waals surface area contributed by atoms with Gasteiger partial charge >= 0.3 is 0 Å². The third kappa shape index (κ3) is 3.49. The number of rotatable bonds is 5. The van der Waals surface area contributed by atoms with E-state index in [1.165, 1.54) is 0 Å². The predicted molar refractivity (Wildman–Crippen MR) is 58.2 cm³/mol. The molecular formula is C9H14BrN3O. The standard InChI is InChI=1S/C9H14BrN3O/c1-2-8(10)9(14)12-4-6-13-5-3-11-7-13/h3,5,7-8H,2,4,6H2,1H3,(H,12,14). The van der Waals surface area contributed by atoms with Crippen molar-refractivity contribution in [3.05, 3.63) is 18.7 Å². The minimum Gasteiger partial charge on any atom is -0.353 e. The van der Waals surface area contributed by atoms with Crippen molar-refractivity contribution in [1.82, 2.24) is 14.9 Å². The Bertz CT molecular complexity index is 274. The number of hydrogen-bond acceptors (Lipinski definition) is 2. The van der Waals surface area contributed by atoms with E-state index in [-0.39, 0.29) is 10.7 Å². The second kappa shape index (κ2) is 5.80. The van der Waals surface area contributed by atoms with Crippen molar-refractivity contribution >= 4 is 21.8 Å². The summed E-state index contributed by atoms with van der Waals surface area (Å²) in [5.41, 5.74) is 0. The van der Waals surface area contributed by atoms with E-state index in [1.54, 1.807) is 12.5 Å². The molecule has 1 atom stereocenters. The van der Waals surface area contributed by atoms with Gasteiger partial charge in [-0.3, -0.25) is 4.79 Å². The summed E-state index contributed by atoms with van der Waals surface area (Å²) in [6, 6.07) is 0. The summed E-state index contributed by atoms with van der Waals surface area (Å²) in [6.45, 7) is 3.36. The van der Waals surface area contributed by atoms with Crippen LogP contribution in [0.5, 0.6) is 0 Å². The number of hydrogen-bond donors (Lipinski definition) is 1. The first-order valence-corrected chi connectivity index (χ1v) is 5.53. The van der Waals surface area contributed by atoms with Crippen molar-refractivity contribution in [2.45, 2.75) is 24.7 Å². The fourth-order valence-electron chi connectivity index (χ4n) is 1.02. The number of nitrogens with zero attached hydrogens (tertiary/aromatic N) is 2. The van der Waals surface area contributed by atoms with Crippen molar-refractivity contribution in [3.8, 4) is 0 Å². The van der Waals surface area contributed by atoms with Gasteiger partial charge in [-0.2, -0.15) is 0 Å². The van der Waals surface area contributed by atoms with Crippen LogP contribution >= 0.6 is 15.9 Å². The fraction of sp³-hybridized carbons (Fsp3) is 0.556. The smallest absolute Gasteiger partial charge is 0.233 e. The van der Waals surface area contributed by atoms with E-state index in [9.17, 15) is 4.79 Å². The molecule has 0 bridgehead atoms. The number of halogens is 1. The SMILES string of the molecule is CCC(Br)C(=O)NCCn1ccnc1. The van der Waals surface area contributed by atoms with Gasteiger partial charge in [0.15, 0.2) is 0 Å². The molecule has 1 aromatic heterocycles. The van der Waals surface area contributed by atoms with E-state index in [2.05, 4.69) is 26.2 Å². The number of alkyl halides is 1. The number of aromatic nitrogens is 2. The Labute approximate surface area is 91.8 Å². The van der Waals surface area contributed by atoms with Crippen LogP contribution in [0.25, 0.3) is 0 Å². The summed E-state index contributed by atoms with van der Waals surface area (Å²) in [5.74, 6) is 0.0487. The third-order valence-electron chi connectivity index (χ3n) is 1.87. The first-order chi connectivity index (χ1) is 6.74. The zero-order valence-electron chi connectivity index (χ0n) is 8.11. The minimum absolute atomic E-state index is 0.0487. The lowest BCUT2D eigenvalue weighted by Crippen LogP contribution is -2.32. The molecule has 0 aromatic carbocycles. The summed E-state index contributed by atoms with van der Waals surface area (Å²) < 4.78 is 1.93. The molecule has 4 nitrogen and oxygen atoms in total. The van der Waals surface area contributed by atoms with Gasteiger partial charge in [0.2, 0.25) is 5.91 Å². The monoisotopic (exact) mass is 259 g/mol. The lowest BCUT2D eigenvalue weighted by atomic mass is 10.3. The molecule has 0 aliphatic rings. The molecule has 0 spiro atoms. The van der Waals surface area contributed by atoms with Crippen LogP contribution in [0.3, 0.4) is 0 Å². The fourth-order valence-corrected chi connectivity index (χ4v) is 1.19. The Morgan fingerprint density at radius 1 is 1.71 bits per heavy atom. The van der Waals surface area contributed by atoms with Crippen molar-refractivity contribution in [3.63, 3.8) is 0 Å². The molecule has 0 radical (unpaired) electrons. The molecule has 0 saturated carbocycles. The van der Waals surface area contributed by atoms with Gasteiger partial charge in [-0.25, -0.2) is 4.98 Å². The van der Waals surface area contributed by atoms with Crippen LogP contribution < -0.4 is 5.32 Å². The van der Waals surface area contributed by atoms with Gasteiger partial charge in [0.25, 0.3) is 0 Å².